The summed E-state index contributed by atoms with van der Waals surface area (Å²) >= 11 is 0. The Morgan fingerprint density at radius 2 is 1.75 bits per heavy atom. The summed E-state index contributed by atoms with van der Waals surface area (Å²) in [5.74, 6) is -4.86. The first-order valence-corrected chi connectivity index (χ1v) is 6.91. The maximum atomic E-state index is 13.0. The number of benzene rings is 1. The quantitative estimate of drug-likeness (QED) is 0.591. The highest BCUT2D eigenvalue weighted by Gasteiger charge is 2.16. The molecule has 1 N–H and O–H groups in total. The zero-order chi connectivity index (χ0) is 15.1. The van der Waals surface area contributed by atoms with Crippen molar-refractivity contribution in [2.75, 3.05) is 0 Å². The molecule has 1 atom stereocenters. The molecule has 20 heavy (non-hydrogen) atoms. The summed E-state index contributed by atoms with van der Waals surface area (Å²) in [6.07, 6.45) is 5.17. The van der Waals surface area contributed by atoms with E-state index in [-0.39, 0.29) is 11.6 Å². The maximum absolute atomic E-state index is 13.0. The van der Waals surface area contributed by atoms with Crippen LogP contribution >= 0.6 is 0 Å². The summed E-state index contributed by atoms with van der Waals surface area (Å²) in [6.45, 7) is 3.95. The minimum atomic E-state index is -1.56. The van der Waals surface area contributed by atoms with Crippen molar-refractivity contribution in [2.24, 2.45) is 0 Å². The molecule has 0 fully saturated rings. The summed E-state index contributed by atoms with van der Waals surface area (Å²) in [4.78, 5) is 11.8. The van der Waals surface area contributed by atoms with Crippen molar-refractivity contribution in [2.45, 2.75) is 52.0 Å². The summed E-state index contributed by atoms with van der Waals surface area (Å²) in [6, 6.07) is 1.32. The number of hydrogen-bond acceptors (Lipinski definition) is 1. The fourth-order valence-corrected chi connectivity index (χ4v) is 1.94. The molecule has 2 nitrogen and oxygen atoms in total. The van der Waals surface area contributed by atoms with Gasteiger partial charge in [-0.2, -0.15) is 0 Å². The standard InChI is InChI=1S/C15H20F3NO/c1-3-4-5-6-7-10(2)19-15(20)11-8-12(16)14(18)13(17)9-11/h8-10H,3-7H2,1-2H3,(H,19,20). The van der Waals surface area contributed by atoms with E-state index in [9.17, 15) is 18.0 Å². The van der Waals surface area contributed by atoms with Gasteiger partial charge in [-0.1, -0.05) is 32.6 Å². The largest absolute Gasteiger partial charge is 0.350 e. The molecule has 0 heterocycles. The average Bonchev–Trinajstić information content (AvgIpc) is 2.40. The van der Waals surface area contributed by atoms with Crippen LogP contribution in [0, 0.1) is 17.5 Å². The Labute approximate surface area is 117 Å². The van der Waals surface area contributed by atoms with E-state index in [0.29, 0.717) is 12.1 Å². The van der Waals surface area contributed by atoms with Crippen LogP contribution in [0.1, 0.15) is 56.3 Å². The highest BCUT2D eigenvalue weighted by molar-refractivity contribution is 5.94. The second-order valence-corrected chi connectivity index (χ2v) is 4.98. The minimum absolute atomic E-state index is 0.0875. The molecule has 0 aromatic heterocycles. The fourth-order valence-electron chi connectivity index (χ4n) is 1.94. The number of carbonyl (C=O) groups is 1. The van der Waals surface area contributed by atoms with E-state index in [1.54, 1.807) is 0 Å². The van der Waals surface area contributed by atoms with E-state index in [4.69, 9.17) is 0 Å². The van der Waals surface area contributed by atoms with Crippen LogP contribution in [0.5, 0.6) is 0 Å². The van der Waals surface area contributed by atoms with Crippen LogP contribution in [0.4, 0.5) is 13.2 Å². The molecule has 1 amide bonds. The van der Waals surface area contributed by atoms with E-state index >= 15 is 0 Å². The van der Waals surface area contributed by atoms with Gasteiger partial charge in [0, 0.05) is 11.6 Å². The van der Waals surface area contributed by atoms with Crippen LogP contribution in [-0.2, 0) is 0 Å². The molecule has 1 unspecified atom stereocenters. The number of halogens is 3. The number of rotatable bonds is 7. The van der Waals surface area contributed by atoms with Gasteiger partial charge >= 0.3 is 0 Å². The summed E-state index contributed by atoms with van der Waals surface area (Å²) in [7, 11) is 0. The van der Waals surface area contributed by atoms with Crippen LogP contribution in [0.25, 0.3) is 0 Å². The van der Waals surface area contributed by atoms with E-state index in [2.05, 4.69) is 12.2 Å². The van der Waals surface area contributed by atoms with E-state index < -0.39 is 23.4 Å². The smallest absolute Gasteiger partial charge is 0.251 e. The van der Waals surface area contributed by atoms with Crippen LogP contribution in [0.3, 0.4) is 0 Å². The molecule has 0 aliphatic rings. The van der Waals surface area contributed by atoms with Gasteiger partial charge in [0.25, 0.3) is 5.91 Å². The first-order valence-electron chi connectivity index (χ1n) is 6.91. The highest BCUT2D eigenvalue weighted by Crippen LogP contribution is 2.14. The van der Waals surface area contributed by atoms with Crippen molar-refractivity contribution < 1.29 is 18.0 Å². The Balaban J connectivity index is 2.54. The second-order valence-electron chi connectivity index (χ2n) is 4.98. The Kier molecular flexibility index (Phi) is 6.55. The number of unbranched alkanes of at least 4 members (excludes halogenated alkanes) is 3. The lowest BCUT2D eigenvalue weighted by molar-refractivity contribution is 0.0936. The molecule has 112 valence electrons. The molecule has 1 rings (SSSR count). The highest BCUT2D eigenvalue weighted by atomic mass is 19.2. The molecule has 0 saturated carbocycles. The Bertz CT molecular complexity index is 439. The minimum Gasteiger partial charge on any atom is -0.350 e. The first kappa shape index (κ1) is 16.5. The number of amides is 1. The van der Waals surface area contributed by atoms with Gasteiger partial charge < -0.3 is 5.32 Å². The third-order valence-corrected chi connectivity index (χ3v) is 3.11. The second kappa shape index (κ2) is 7.92. The van der Waals surface area contributed by atoms with Crippen molar-refractivity contribution in [1.29, 1.82) is 0 Å². The van der Waals surface area contributed by atoms with Gasteiger partial charge in [-0.15, -0.1) is 0 Å². The number of hydrogen-bond donors (Lipinski definition) is 1. The average molecular weight is 287 g/mol. The van der Waals surface area contributed by atoms with Crippen molar-refractivity contribution in [3.05, 3.63) is 35.1 Å². The Morgan fingerprint density at radius 1 is 1.15 bits per heavy atom. The lowest BCUT2D eigenvalue weighted by atomic mass is 10.1. The van der Waals surface area contributed by atoms with Crippen LogP contribution < -0.4 is 5.32 Å². The third kappa shape index (κ3) is 4.87. The molecule has 0 aliphatic heterocycles. The van der Waals surface area contributed by atoms with Gasteiger partial charge in [-0.25, -0.2) is 13.2 Å². The normalized spacial score (nSPS) is 12.2. The van der Waals surface area contributed by atoms with Crippen molar-refractivity contribution >= 4 is 5.91 Å². The first-order chi connectivity index (χ1) is 9.45. The predicted octanol–water partition coefficient (Wildman–Crippen LogP) is 4.19. The molecule has 5 heteroatoms. The van der Waals surface area contributed by atoms with E-state index in [0.717, 1.165) is 32.1 Å². The van der Waals surface area contributed by atoms with Gasteiger partial charge in [0.05, 0.1) is 0 Å². The van der Waals surface area contributed by atoms with Crippen molar-refractivity contribution in [3.63, 3.8) is 0 Å². The number of carbonyl (C=O) groups excluding carboxylic acids is 1. The maximum Gasteiger partial charge on any atom is 0.251 e. The van der Waals surface area contributed by atoms with Gasteiger partial charge in [0.2, 0.25) is 0 Å². The topological polar surface area (TPSA) is 29.1 Å². The van der Waals surface area contributed by atoms with Gasteiger partial charge in [0.1, 0.15) is 0 Å². The number of nitrogens with one attached hydrogen (secondary N) is 1. The summed E-state index contributed by atoms with van der Waals surface area (Å²) in [5, 5.41) is 2.65. The molecule has 0 aliphatic carbocycles. The van der Waals surface area contributed by atoms with Crippen molar-refractivity contribution in [1.82, 2.24) is 5.32 Å². The molecule has 0 spiro atoms. The molecule has 1 aromatic rings. The SMILES string of the molecule is CCCCCCC(C)NC(=O)c1cc(F)c(F)c(F)c1. The molecular formula is C15H20F3NO. The summed E-state index contributed by atoms with van der Waals surface area (Å²) in [5.41, 5.74) is -0.207. The predicted molar refractivity (Wildman–Crippen MR) is 72.0 cm³/mol. The molecule has 0 bridgehead atoms. The zero-order valence-electron chi connectivity index (χ0n) is 11.8. The van der Waals surface area contributed by atoms with Gasteiger partial charge in [0.15, 0.2) is 17.5 Å². The Morgan fingerprint density at radius 3 is 2.30 bits per heavy atom. The fraction of sp³-hybridized carbons (Fsp3) is 0.533. The van der Waals surface area contributed by atoms with E-state index in [1.807, 2.05) is 6.92 Å². The van der Waals surface area contributed by atoms with Crippen LogP contribution in [0.15, 0.2) is 12.1 Å². The molecule has 0 saturated heterocycles. The van der Waals surface area contributed by atoms with Gasteiger partial charge in [-0.3, -0.25) is 4.79 Å². The Hall–Kier alpha value is -1.52. The third-order valence-electron chi connectivity index (χ3n) is 3.11. The molecule has 0 radical (unpaired) electrons. The van der Waals surface area contributed by atoms with Crippen LogP contribution in [0.2, 0.25) is 0 Å². The monoisotopic (exact) mass is 287 g/mol. The lowest BCUT2D eigenvalue weighted by Gasteiger charge is -2.14. The lowest BCUT2D eigenvalue weighted by Crippen LogP contribution is -2.32. The van der Waals surface area contributed by atoms with Crippen molar-refractivity contribution in [3.8, 4) is 0 Å². The van der Waals surface area contributed by atoms with Crippen LogP contribution in [-0.4, -0.2) is 11.9 Å². The zero-order valence-corrected chi connectivity index (χ0v) is 11.8. The van der Waals surface area contributed by atoms with Gasteiger partial charge in [-0.05, 0) is 25.5 Å². The van der Waals surface area contributed by atoms with E-state index in [1.165, 1.54) is 0 Å². The molecular weight excluding hydrogens is 267 g/mol. The molecule has 1 aromatic carbocycles. The summed E-state index contributed by atoms with van der Waals surface area (Å²) < 4.78 is 38.9.